The summed E-state index contributed by atoms with van der Waals surface area (Å²) in [4.78, 5) is 11.9. The van der Waals surface area contributed by atoms with E-state index in [1.165, 1.54) is 0 Å². The van der Waals surface area contributed by atoms with Crippen molar-refractivity contribution < 1.29 is 9.53 Å². The van der Waals surface area contributed by atoms with E-state index in [0.29, 0.717) is 28.6 Å². The maximum absolute atomic E-state index is 11.9. The van der Waals surface area contributed by atoms with E-state index in [0.717, 1.165) is 12.8 Å². The molecule has 21 heavy (non-hydrogen) atoms. The van der Waals surface area contributed by atoms with Crippen LogP contribution in [0.25, 0.3) is 0 Å². The highest BCUT2D eigenvalue weighted by atomic mass is 35.5. The average Bonchev–Trinajstić information content (AvgIpc) is 2.49. The third-order valence-corrected chi connectivity index (χ3v) is 3.29. The Bertz CT molecular complexity index is 613. The van der Waals surface area contributed by atoms with Crippen molar-refractivity contribution in [2.75, 3.05) is 5.32 Å². The first-order chi connectivity index (χ1) is 10.2. The van der Waals surface area contributed by atoms with Crippen LogP contribution in [0.5, 0.6) is 11.5 Å². The number of rotatable bonds is 6. The van der Waals surface area contributed by atoms with Gasteiger partial charge >= 0.3 is 0 Å². The van der Waals surface area contributed by atoms with E-state index >= 15 is 0 Å². The number of amides is 1. The third-order valence-electron chi connectivity index (χ3n) is 2.98. The van der Waals surface area contributed by atoms with E-state index < -0.39 is 0 Å². The summed E-state index contributed by atoms with van der Waals surface area (Å²) in [5.74, 6) is 1.14. The monoisotopic (exact) mass is 303 g/mol. The van der Waals surface area contributed by atoms with E-state index in [9.17, 15) is 4.79 Å². The summed E-state index contributed by atoms with van der Waals surface area (Å²) in [6, 6.07) is 14.6. The Balaban J connectivity index is 2.13. The lowest BCUT2D eigenvalue weighted by atomic mass is 10.2. The van der Waals surface area contributed by atoms with Gasteiger partial charge in [0.2, 0.25) is 5.91 Å². The normalized spacial score (nSPS) is 10.2. The smallest absolute Gasteiger partial charge is 0.224 e. The molecule has 0 bridgehead atoms. The molecule has 0 aliphatic carbocycles. The van der Waals surface area contributed by atoms with Gasteiger partial charge in [-0.1, -0.05) is 49.2 Å². The molecule has 0 aliphatic rings. The number of benzene rings is 2. The number of hydrogen-bond donors (Lipinski definition) is 1. The van der Waals surface area contributed by atoms with E-state index in [1.807, 2.05) is 30.3 Å². The van der Waals surface area contributed by atoms with E-state index in [2.05, 4.69) is 12.2 Å². The van der Waals surface area contributed by atoms with Gasteiger partial charge in [0, 0.05) is 6.42 Å². The molecule has 0 heterocycles. The number of carbonyl (C=O) groups excluding carboxylic acids is 1. The molecule has 0 aliphatic heterocycles. The van der Waals surface area contributed by atoms with Crippen LogP contribution in [0, 0.1) is 0 Å². The largest absolute Gasteiger partial charge is 0.454 e. The van der Waals surface area contributed by atoms with Crippen molar-refractivity contribution >= 4 is 23.2 Å². The number of nitrogens with one attached hydrogen (secondary N) is 1. The van der Waals surface area contributed by atoms with Crippen LogP contribution in [0.15, 0.2) is 48.5 Å². The molecule has 2 rings (SSSR count). The van der Waals surface area contributed by atoms with Gasteiger partial charge in [-0.15, -0.1) is 0 Å². The Labute approximate surface area is 129 Å². The summed E-state index contributed by atoms with van der Waals surface area (Å²) < 4.78 is 5.80. The van der Waals surface area contributed by atoms with Crippen LogP contribution in [0.2, 0.25) is 5.02 Å². The summed E-state index contributed by atoms with van der Waals surface area (Å²) in [6.07, 6.45) is 2.38. The maximum atomic E-state index is 11.9. The molecule has 0 atom stereocenters. The first-order valence-corrected chi connectivity index (χ1v) is 7.39. The van der Waals surface area contributed by atoms with Crippen LogP contribution in [-0.4, -0.2) is 5.91 Å². The minimum absolute atomic E-state index is 0.00735. The molecule has 110 valence electrons. The number of unbranched alkanes of at least 4 members (excludes halogenated alkanes) is 1. The fraction of sp³-hybridized carbons (Fsp3) is 0.235. The van der Waals surface area contributed by atoms with Gasteiger partial charge in [0.15, 0.2) is 5.75 Å². The van der Waals surface area contributed by atoms with Crippen molar-refractivity contribution in [3.8, 4) is 11.5 Å². The molecule has 1 N–H and O–H groups in total. The van der Waals surface area contributed by atoms with Crippen molar-refractivity contribution in [2.45, 2.75) is 26.2 Å². The Morgan fingerprint density at radius 3 is 2.48 bits per heavy atom. The Kier molecular flexibility index (Phi) is 5.64. The molecule has 0 aromatic heterocycles. The number of hydrogen-bond acceptors (Lipinski definition) is 2. The highest BCUT2D eigenvalue weighted by Crippen LogP contribution is 2.33. The summed E-state index contributed by atoms with van der Waals surface area (Å²) >= 11 is 6.09. The zero-order valence-electron chi connectivity index (χ0n) is 11.9. The predicted molar refractivity (Wildman–Crippen MR) is 86.1 cm³/mol. The molecule has 2 aromatic carbocycles. The number of halogens is 1. The number of para-hydroxylation sites is 3. The Hall–Kier alpha value is -2.00. The van der Waals surface area contributed by atoms with Crippen LogP contribution in [-0.2, 0) is 4.79 Å². The van der Waals surface area contributed by atoms with Gasteiger partial charge in [0.25, 0.3) is 0 Å². The zero-order valence-corrected chi connectivity index (χ0v) is 12.7. The van der Waals surface area contributed by atoms with Crippen molar-refractivity contribution in [1.29, 1.82) is 0 Å². The maximum Gasteiger partial charge on any atom is 0.224 e. The van der Waals surface area contributed by atoms with Gasteiger partial charge in [-0.2, -0.15) is 0 Å². The second-order valence-corrected chi connectivity index (χ2v) is 5.09. The van der Waals surface area contributed by atoms with Crippen LogP contribution >= 0.6 is 11.6 Å². The summed E-state index contributed by atoms with van der Waals surface area (Å²) in [7, 11) is 0. The molecule has 3 nitrogen and oxygen atoms in total. The highest BCUT2D eigenvalue weighted by molar-refractivity contribution is 6.32. The Morgan fingerprint density at radius 1 is 1.10 bits per heavy atom. The third kappa shape index (κ3) is 4.50. The Morgan fingerprint density at radius 2 is 1.76 bits per heavy atom. The van der Waals surface area contributed by atoms with Gasteiger partial charge in [-0.05, 0) is 30.7 Å². The highest BCUT2D eigenvalue weighted by Gasteiger charge is 2.09. The van der Waals surface area contributed by atoms with E-state index in [-0.39, 0.29) is 5.91 Å². The van der Waals surface area contributed by atoms with Gasteiger partial charge in [0.1, 0.15) is 5.75 Å². The molecule has 1 amide bonds. The number of anilines is 1. The van der Waals surface area contributed by atoms with Crippen LogP contribution < -0.4 is 10.1 Å². The summed E-state index contributed by atoms with van der Waals surface area (Å²) in [5, 5.41) is 3.41. The SMILES string of the molecule is CCCCC(=O)Nc1ccccc1Oc1ccccc1Cl. The summed E-state index contributed by atoms with van der Waals surface area (Å²) in [5.41, 5.74) is 0.651. The molecule has 0 spiro atoms. The van der Waals surface area contributed by atoms with Gasteiger partial charge in [-0.3, -0.25) is 4.79 Å². The molecule has 0 unspecified atom stereocenters. The average molecular weight is 304 g/mol. The molecular formula is C17H18ClNO2. The second kappa shape index (κ2) is 7.70. The molecule has 0 fully saturated rings. The van der Waals surface area contributed by atoms with Crippen molar-refractivity contribution in [3.05, 3.63) is 53.6 Å². The molecular weight excluding hydrogens is 286 g/mol. The lowest BCUT2D eigenvalue weighted by Gasteiger charge is -2.13. The van der Waals surface area contributed by atoms with E-state index in [4.69, 9.17) is 16.3 Å². The van der Waals surface area contributed by atoms with Crippen LogP contribution in [0.4, 0.5) is 5.69 Å². The minimum atomic E-state index is -0.00735. The second-order valence-electron chi connectivity index (χ2n) is 4.68. The minimum Gasteiger partial charge on any atom is -0.454 e. The van der Waals surface area contributed by atoms with Crippen molar-refractivity contribution in [3.63, 3.8) is 0 Å². The lowest BCUT2D eigenvalue weighted by molar-refractivity contribution is -0.116. The quantitative estimate of drug-likeness (QED) is 0.790. The fourth-order valence-corrected chi connectivity index (χ4v) is 2.03. The number of carbonyl (C=O) groups is 1. The van der Waals surface area contributed by atoms with Crippen LogP contribution in [0.3, 0.4) is 0 Å². The predicted octanol–water partition coefficient (Wildman–Crippen LogP) is 5.26. The first-order valence-electron chi connectivity index (χ1n) is 7.02. The standard InChI is InChI=1S/C17H18ClNO2/c1-2-3-12-17(20)19-14-9-5-7-11-16(14)21-15-10-6-4-8-13(15)18/h4-11H,2-3,12H2,1H3,(H,19,20). The molecule has 0 saturated carbocycles. The van der Waals surface area contributed by atoms with Gasteiger partial charge in [0.05, 0.1) is 10.7 Å². The van der Waals surface area contributed by atoms with Crippen LogP contribution in [0.1, 0.15) is 26.2 Å². The zero-order chi connectivity index (χ0) is 15.1. The topological polar surface area (TPSA) is 38.3 Å². The molecule has 4 heteroatoms. The molecule has 0 saturated heterocycles. The summed E-state index contributed by atoms with van der Waals surface area (Å²) in [6.45, 7) is 2.06. The molecule has 2 aromatic rings. The fourth-order valence-electron chi connectivity index (χ4n) is 1.85. The molecule has 0 radical (unpaired) electrons. The number of ether oxygens (including phenoxy) is 1. The van der Waals surface area contributed by atoms with Gasteiger partial charge in [-0.25, -0.2) is 0 Å². The van der Waals surface area contributed by atoms with Crippen molar-refractivity contribution in [1.82, 2.24) is 0 Å². The lowest BCUT2D eigenvalue weighted by Crippen LogP contribution is -2.11. The van der Waals surface area contributed by atoms with E-state index in [1.54, 1.807) is 18.2 Å². The van der Waals surface area contributed by atoms with Crippen molar-refractivity contribution in [2.24, 2.45) is 0 Å². The first kappa shape index (κ1) is 15.4. The van der Waals surface area contributed by atoms with Gasteiger partial charge < -0.3 is 10.1 Å².